The normalized spacial score (nSPS) is 17.2. The summed E-state index contributed by atoms with van der Waals surface area (Å²) in [7, 11) is 0. The molecule has 0 spiro atoms. The molecule has 7 heteroatoms. The topological polar surface area (TPSA) is 54.9 Å². The maximum Gasteiger partial charge on any atom is 0.187 e. The van der Waals surface area contributed by atoms with E-state index in [0.29, 0.717) is 34.4 Å². The fraction of sp³-hybridized carbons (Fsp3) is 0.231. The zero-order valence-electron chi connectivity index (χ0n) is 17.8. The molecule has 33 heavy (non-hydrogen) atoms. The van der Waals surface area contributed by atoms with Crippen LogP contribution in [0.5, 0.6) is 0 Å². The van der Waals surface area contributed by atoms with Crippen LogP contribution < -0.4 is 4.90 Å². The number of anilines is 1. The van der Waals surface area contributed by atoms with Crippen molar-refractivity contribution in [1.82, 2.24) is 4.90 Å². The third kappa shape index (κ3) is 4.98. The number of halogens is 2. The second-order valence-electron chi connectivity index (χ2n) is 7.94. The summed E-state index contributed by atoms with van der Waals surface area (Å²) >= 11 is 12.7. The van der Waals surface area contributed by atoms with Crippen LogP contribution in [-0.4, -0.2) is 36.2 Å². The lowest BCUT2D eigenvalue weighted by Gasteiger charge is -2.46. The van der Waals surface area contributed by atoms with E-state index in [1.807, 2.05) is 42.5 Å². The number of piperazine rings is 1. The van der Waals surface area contributed by atoms with Crippen molar-refractivity contribution in [2.45, 2.75) is 12.1 Å². The molecule has 0 aromatic heterocycles. The van der Waals surface area contributed by atoms with Gasteiger partial charge in [-0.05, 0) is 41.5 Å². The Morgan fingerprint density at radius 1 is 1.06 bits per heavy atom. The zero-order chi connectivity index (χ0) is 23.4. The van der Waals surface area contributed by atoms with Crippen LogP contribution in [0.1, 0.15) is 28.8 Å². The van der Waals surface area contributed by atoms with E-state index in [4.69, 9.17) is 29.8 Å². The number of aliphatic hydroxyl groups excluding tert-OH is 1. The summed E-state index contributed by atoms with van der Waals surface area (Å²) < 4.78 is 0. The maximum absolute atomic E-state index is 10.3. The Bertz CT molecular complexity index is 1200. The minimum absolute atomic E-state index is 0.0255. The number of nitriles is 1. The molecule has 1 heterocycles. The first-order chi connectivity index (χ1) is 16.0. The van der Waals surface area contributed by atoms with Crippen molar-refractivity contribution >= 4 is 34.6 Å². The van der Waals surface area contributed by atoms with Gasteiger partial charge in [-0.1, -0.05) is 59.6 Å². The zero-order valence-corrected chi connectivity index (χ0v) is 19.3. The van der Waals surface area contributed by atoms with Gasteiger partial charge in [0.25, 0.3) is 0 Å². The molecule has 3 aromatic rings. The van der Waals surface area contributed by atoms with Gasteiger partial charge in [0.05, 0.1) is 47.6 Å². The third-order valence-corrected chi connectivity index (χ3v) is 6.63. The lowest BCUT2D eigenvalue weighted by Crippen LogP contribution is -2.50. The van der Waals surface area contributed by atoms with Gasteiger partial charge >= 0.3 is 0 Å². The van der Waals surface area contributed by atoms with Gasteiger partial charge in [-0.2, -0.15) is 5.26 Å². The van der Waals surface area contributed by atoms with Crippen LogP contribution >= 0.6 is 23.2 Å². The number of rotatable bonds is 5. The average Bonchev–Trinajstić information content (AvgIpc) is 2.85. The Balaban J connectivity index is 1.68. The molecule has 0 saturated carbocycles. The number of aliphatic hydroxyl groups is 1. The Labute approximate surface area is 203 Å². The monoisotopic (exact) mass is 476 g/mol. The van der Waals surface area contributed by atoms with Crippen molar-refractivity contribution in [3.05, 3.63) is 105 Å². The summed E-state index contributed by atoms with van der Waals surface area (Å²) in [4.78, 5) is 7.97. The molecule has 2 atom stereocenters. The van der Waals surface area contributed by atoms with Crippen molar-refractivity contribution in [3.63, 3.8) is 0 Å². The highest BCUT2D eigenvalue weighted by atomic mass is 35.5. The second-order valence-corrected chi connectivity index (χ2v) is 8.78. The molecule has 5 nitrogen and oxygen atoms in total. The fourth-order valence-corrected chi connectivity index (χ4v) is 4.77. The lowest BCUT2D eigenvalue weighted by molar-refractivity contribution is 0.103. The highest BCUT2D eigenvalue weighted by molar-refractivity contribution is 6.33. The first-order valence-corrected chi connectivity index (χ1v) is 11.3. The molecule has 1 fully saturated rings. The van der Waals surface area contributed by atoms with Crippen LogP contribution in [0.15, 0.2) is 66.7 Å². The molecule has 1 N–H and O–H groups in total. The summed E-state index contributed by atoms with van der Waals surface area (Å²) in [5.74, 6) is 0. The van der Waals surface area contributed by atoms with Crippen LogP contribution in [0, 0.1) is 17.9 Å². The van der Waals surface area contributed by atoms with Crippen LogP contribution in [0.25, 0.3) is 4.85 Å². The number of nitrogens with zero attached hydrogens (tertiary/aromatic N) is 4. The van der Waals surface area contributed by atoms with E-state index < -0.39 is 0 Å². The molecular formula is C26H22Cl2N4O. The molecule has 0 radical (unpaired) electrons. The SMILES string of the molecule is [C-]#[N+]c1ccc([C@H](CO)N2CCN(c3ccc(C#N)cc3Cl)[C@H](c3ccc(Cl)cc3)C2)cc1. The summed E-state index contributed by atoms with van der Waals surface area (Å²) in [6.45, 7) is 9.21. The minimum atomic E-state index is -0.182. The van der Waals surface area contributed by atoms with Gasteiger partial charge in [0.15, 0.2) is 5.69 Å². The van der Waals surface area contributed by atoms with Crippen LogP contribution in [-0.2, 0) is 0 Å². The molecule has 0 amide bonds. The second kappa shape index (κ2) is 10.3. The van der Waals surface area contributed by atoms with E-state index in [1.165, 1.54) is 0 Å². The van der Waals surface area contributed by atoms with Crippen LogP contribution in [0.2, 0.25) is 10.0 Å². The van der Waals surface area contributed by atoms with E-state index in [9.17, 15) is 10.4 Å². The Kier molecular flexibility index (Phi) is 7.18. The van der Waals surface area contributed by atoms with Crippen molar-refractivity contribution in [2.75, 3.05) is 31.1 Å². The van der Waals surface area contributed by atoms with E-state index in [2.05, 4.69) is 20.7 Å². The fourth-order valence-electron chi connectivity index (χ4n) is 4.36. The van der Waals surface area contributed by atoms with E-state index in [0.717, 1.165) is 23.4 Å². The predicted octanol–water partition coefficient (Wildman–Crippen LogP) is 6.01. The summed E-state index contributed by atoms with van der Waals surface area (Å²) in [6.07, 6.45) is 0. The third-order valence-electron chi connectivity index (χ3n) is 6.07. The molecule has 3 aromatic carbocycles. The maximum atomic E-state index is 10.3. The largest absolute Gasteiger partial charge is 0.394 e. The van der Waals surface area contributed by atoms with Gasteiger partial charge in [-0.3, -0.25) is 4.90 Å². The van der Waals surface area contributed by atoms with Gasteiger partial charge < -0.3 is 10.0 Å². The van der Waals surface area contributed by atoms with Gasteiger partial charge in [-0.15, -0.1) is 0 Å². The average molecular weight is 477 g/mol. The first-order valence-electron chi connectivity index (χ1n) is 10.6. The number of hydrogen-bond acceptors (Lipinski definition) is 4. The van der Waals surface area contributed by atoms with Crippen molar-refractivity contribution in [3.8, 4) is 6.07 Å². The van der Waals surface area contributed by atoms with E-state index in [1.54, 1.807) is 24.3 Å². The van der Waals surface area contributed by atoms with Crippen LogP contribution in [0.4, 0.5) is 11.4 Å². The summed E-state index contributed by atoms with van der Waals surface area (Å²) in [6, 6.07) is 22.5. The molecule has 0 aliphatic carbocycles. The molecule has 166 valence electrons. The van der Waals surface area contributed by atoms with Crippen molar-refractivity contribution < 1.29 is 5.11 Å². The van der Waals surface area contributed by atoms with E-state index in [-0.39, 0.29) is 18.7 Å². The Morgan fingerprint density at radius 3 is 2.39 bits per heavy atom. The molecule has 0 unspecified atom stereocenters. The van der Waals surface area contributed by atoms with Crippen LogP contribution in [0.3, 0.4) is 0 Å². The number of hydrogen-bond donors (Lipinski definition) is 1. The predicted molar refractivity (Wildman–Crippen MR) is 132 cm³/mol. The first kappa shape index (κ1) is 23.1. The van der Waals surface area contributed by atoms with Gasteiger partial charge in [-0.25, -0.2) is 4.85 Å². The standard InChI is InChI=1S/C26H22Cl2N4O/c1-30-22-9-5-20(6-10-22)26(17-33)31-12-13-32(24-11-2-18(15-29)14-23(24)28)25(16-31)19-3-7-21(27)8-4-19/h2-11,14,25-26,33H,12-13,16-17H2/t25-,26-/m0/s1. The molecule has 1 aliphatic heterocycles. The van der Waals surface area contributed by atoms with E-state index >= 15 is 0 Å². The highest BCUT2D eigenvalue weighted by Crippen LogP contribution is 2.38. The molecular weight excluding hydrogens is 455 g/mol. The highest BCUT2D eigenvalue weighted by Gasteiger charge is 2.33. The quantitative estimate of drug-likeness (QED) is 0.457. The molecule has 4 rings (SSSR count). The minimum Gasteiger partial charge on any atom is -0.394 e. The smallest absolute Gasteiger partial charge is 0.187 e. The van der Waals surface area contributed by atoms with Gasteiger partial charge in [0.2, 0.25) is 0 Å². The molecule has 1 saturated heterocycles. The van der Waals surface area contributed by atoms with Gasteiger partial charge in [0, 0.05) is 24.7 Å². The lowest BCUT2D eigenvalue weighted by atomic mass is 9.98. The summed E-state index contributed by atoms with van der Waals surface area (Å²) in [5, 5.41) is 20.7. The summed E-state index contributed by atoms with van der Waals surface area (Å²) in [5.41, 5.74) is 4.04. The van der Waals surface area contributed by atoms with Gasteiger partial charge in [0.1, 0.15) is 0 Å². The molecule has 1 aliphatic rings. The number of benzene rings is 3. The molecule has 0 bridgehead atoms. The Hall–Kier alpha value is -3.06. The van der Waals surface area contributed by atoms with Crippen molar-refractivity contribution in [2.24, 2.45) is 0 Å². The van der Waals surface area contributed by atoms with Crippen molar-refractivity contribution in [1.29, 1.82) is 5.26 Å². The Morgan fingerprint density at radius 2 is 1.79 bits per heavy atom.